The van der Waals surface area contributed by atoms with Gasteiger partial charge in [0, 0.05) is 23.6 Å². The van der Waals surface area contributed by atoms with Gasteiger partial charge >= 0.3 is 10.3 Å². The molecule has 0 saturated heterocycles. The highest BCUT2D eigenvalue weighted by molar-refractivity contribution is 7.87. The third-order valence-corrected chi connectivity index (χ3v) is 7.19. The number of rotatable bonds is 11. The SMILES string of the molecule is CCc1csc(CCC(=O)NC(Cc2ccc(NS(=O)(=O)O)cc2)c2nc(CC)cs2)n1. The van der Waals surface area contributed by atoms with E-state index in [1.807, 2.05) is 22.4 Å². The number of hydrogen-bond donors (Lipinski definition) is 3. The minimum absolute atomic E-state index is 0.0684. The largest absolute Gasteiger partial charge is 0.357 e. The molecule has 3 rings (SSSR count). The lowest BCUT2D eigenvalue weighted by molar-refractivity contribution is -0.121. The summed E-state index contributed by atoms with van der Waals surface area (Å²) in [5.41, 5.74) is 3.18. The van der Waals surface area contributed by atoms with Crippen molar-refractivity contribution in [2.75, 3.05) is 4.72 Å². The third kappa shape index (κ3) is 7.37. The molecule has 0 radical (unpaired) electrons. The molecule has 0 aliphatic heterocycles. The second-order valence-electron chi connectivity index (χ2n) is 7.22. The van der Waals surface area contributed by atoms with Gasteiger partial charge in [-0.05, 0) is 37.0 Å². The Bertz CT molecular complexity index is 1140. The molecule has 0 saturated carbocycles. The number of aromatic nitrogens is 2. The van der Waals surface area contributed by atoms with E-state index in [1.54, 1.807) is 35.6 Å². The molecule has 172 valence electrons. The van der Waals surface area contributed by atoms with Crippen LogP contribution in [0, 0.1) is 0 Å². The fourth-order valence-corrected chi connectivity index (χ4v) is 5.32. The number of amides is 1. The normalized spacial score (nSPS) is 12.5. The number of hydrogen-bond acceptors (Lipinski definition) is 7. The van der Waals surface area contributed by atoms with Gasteiger partial charge in [-0.15, -0.1) is 22.7 Å². The molecule has 1 aromatic carbocycles. The van der Waals surface area contributed by atoms with Gasteiger partial charge < -0.3 is 5.32 Å². The first kappa shape index (κ1) is 24.3. The first-order chi connectivity index (χ1) is 15.3. The van der Waals surface area contributed by atoms with Crippen molar-refractivity contribution in [3.05, 3.63) is 62.0 Å². The summed E-state index contributed by atoms with van der Waals surface area (Å²) < 4.78 is 32.9. The van der Waals surface area contributed by atoms with Crippen LogP contribution in [-0.4, -0.2) is 28.8 Å². The summed E-state index contributed by atoms with van der Waals surface area (Å²) in [6.07, 6.45) is 3.14. The van der Waals surface area contributed by atoms with Crippen molar-refractivity contribution in [3.63, 3.8) is 0 Å². The van der Waals surface area contributed by atoms with Crippen LogP contribution in [0.3, 0.4) is 0 Å². The van der Waals surface area contributed by atoms with E-state index in [-0.39, 0.29) is 17.6 Å². The molecule has 3 N–H and O–H groups in total. The molecule has 0 bridgehead atoms. The number of nitrogens with one attached hydrogen (secondary N) is 2. The lowest BCUT2D eigenvalue weighted by Crippen LogP contribution is -2.30. The zero-order chi connectivity index (χ0) is 23.1. The van der Waals surface area contributed by atoms with Gasteiger partial charge in [0.2, 0.25) is 5.91 Å². The molecule has 0 fully saturated rings. The number of anilines is 1. The average molecular weight is 495 g/mol. The number of benzene rings is 1. The lowest BCUT2D eigenvalue weighted by atomic mass is 10.1. The Labute approximate surface area is 196 Å². The highest BCUT2D eigenvalue weighted by Crippen LogP contribution is 2.24. The second kappa shape index (κ2) is 11.0. The van der Waals surface area contributed by atoms with Crippen LogP contribution >= 0.6 is 22.7 Å². The van der Waals surface area contributed by atoms with E-state index in [9.17, 15) is 13.2 Å². The quantitative estimate of drug-likeness (QED) is 0.347. The Morgan fingerprint density at radius 1 is 1.06 bits per heavy atom. The fraction of sp³-hybridized carbons (Fsp3) is 0.381. The number of aryl methyl sites for hydroxylation is 3. The van der Waals surface area contributed by atoms with Crippen LogP contribution in [0.1, 0.15) is 53.3 Å². The predicted molar refractivity (Wildman–Crippen MR) is 128 cm³/mol. The van der Waals surface area contributed by atoms with Crippen molar-refractivity contribution in [2.45, 2.75) is 52.0 Å². The maximum Gasteiger partial charge on any atom is 0.357 e. The summed E-state index contributed by atoms with van der Waals surface area (Å²) in [6, 6.07) is 6.34. The molecule has 0 aliphatic rings. The molecule has 0 aliphatic carbocycles. The molecule has 3 aromatic rings. The monoisotopic (exact) mass is 494 g/mol. The van der Waals surface area contributed by atoms with E-state index in [2.05, 4.69) is 22.2 Å². The highest BCUT2D eigenvalue weighted by Gasteiger charge is 2.19. The molecule has 2 aromatic heterocycles. The number of carbonyl (C=O) groups excluding carboxylic acids is 1. The summed E-state index contributed by atoms with van der Waals surface area (Å²) in [6.45, 7) is 4.09. The molecular formula is C21H26N4O4S3. The van der Waals surface area contributed by atoms with Gasteiger partial charge in [-0.25, -0.2) is 9.97 Å². The van der Waals surface area contributed by atoms with Gasteiger partial charge in [-0.3, -0.25) is 14.1 Å². The highest BCUT2D eigenvalue weighted by atomic mass is 32.2. The van der Waals surface area contributed by atoms with Crippen molar-refractivity contribution in [2.24, 2.45) is 0 Å². The summed E-state index contributed by atoms with van der Waals surface area (Å²) in [5.74, 6) is -0.0684. The molecule has 0 spiro atoms. The van der Waals surface area contributed by atoms with Gasteiger partial charge in [-0.2, -0.15) is 8.42 Å². The zero-order valence-corrected chi connectivity index (χ0v) is 20.3. The molecule has 2 heterocycles. The van der Waals surface area contributed by atoms with Gasteiger partial charge in [0.1, 0.15) is 5.01 Å². The molecule has 1 unspecified atom stereocenters. The molecule has 1 amide bonds. The van der Waals surface area contributed by atoms with Crippen molar-refractivity contribution >= 4 is 44.6 Å². The predicted octanol–water partition coefficient (Wildman–Crippen LogP) is 3.97. The summed E-state index contributed by atoms with van der Waals surface area (Å²) in [7, 11) is -4.32. The smallest absolute Gasteiger partial charge is 0.347 e. The Kier molecular flexibility index (Phi) is 8.35. The Hall–Kier alpha value is -2.34. The minimum atomic E-state index is -4.32. The third-order valence-electron chi connectivity index (χ3n) is 4.73. The summed E-state index contributed by atoms with van der Waals surface area (Å²) in [4.78, 5) is 21.9. The van der Waals surface area contributed by atoms with E-state index < -0.39 is 10.3 Å². The maximum atomic E-state index is 12.7. The van der Waals surface area contributed by atoms with Gasteiger partial charge in [0.05, 0.1) is 28.1 Å². The summed E-state index contributed by atoms with van der Waals surface area (Å²) in [5, 5.41) is 8.91. The Morgan fingerprint density at radius 2 is 1.72 bits per heavy atom. The fourth-order valence-electron chi connectivity index (χ4n) is 3.05. The Morgan fingerprint density at radius 3 is 2.31 bits per heavy atom. The second-order valence-corrected chi connectivity index (χ2v) is 10.2. The first-order valence-electron chi connectivity index (χ1n) is 10.3. The van der Waals surface area contributed by atoms with Crippen molar-refractivity contribution < 1.29 is 17.8 Å². The molecule has 1 atom stereocenters. The van der Waals surface area contributed by atoms with E-state index in [4.69, 9.17) is 4.55 Å². The van der Waals surface area contributed by atoms with Crippen LogP contribution in [0.15, 0.2) is 35.0 Å². The van der Waals surface area contributed by atoms with Crippen molar-refractivity contribution in [1.29, 1.82) is 0 Å². The lowest BCUT2D eigenvalue weighted by Gasteiger charge is -2.17. The first-order valence-corrected chi connectivity index (χ1v) is 13.5. The van der Waals surface area contributed by atoms with Gasteiger partial charge in [0.25, 0.3) is 0 Å². The molecular weight excluding hydrogens is 468 g/mol. The number of carbonyl (C=O) groups is 1. The van der Waals surface area contributed by atoms with Crippen LogP contribution in [-0.2, 0) is 40.8 Å². The summed E-state index contributed by atoms with van der Waals surface area (Å²) >= 11 is 3.09. The van der Waals surface area contributed by atoms with E-state index in [0.29, 0.717) is 19.3 Å². The standard InChI is InChI=1S/C21H26N4O4S3/c1-3-15-12-30-20(22-15)10-9-19(26)24-18(21-23-16(4-2)13-31-21)11-14-5-7-17(8-6-14)25-32(27,28)29/h5-8,12-13,18,25H,3-4,9-11H2,1-2H3,(H,24,26)(H,27,28,29). The minimum Gasteiger partial charge on any atom is -0.347 e. The van der Waals surface area contributed by atoms with E-state index >= 15 is 0 Å². The van der Waals surface area contributed by atoms with Gasteiger partial charge in [-0.1, -0.05) is 26.0 Å². The number of nitrogens with zero attached hydrogens (tertiary/aromatic N) is 2. The zero-order valence-electron chi connectivity index (χ0n) is 17.9. The maximum absolute atomic E-state index is 12.7. The van der Waals surface area contributed by atoms with Crippen molar-refractivity contribution in [3.8, 4) is 0 Å². The van der Waals surface area contributed by atoms with Crippen LogP contribution in [0.5, 0.6) is 0 Å². The average Bonchev–Trinajstić information content (AvgIpc) is 3.41. The van der Waals surface area contributed by atoms with Crippen LogP contribution in [0.4, 0.5) is 5.69 Å². The molecule has 8 nitrogen and oxygen atoms in total. The van der Waals surface area contributed by atoms with Gasteiger partial charge in [0.15, 0.2) is 0 Å². The van der Waals surface area contributed by atoms with E-state index in [0.717, 1.165) is 39.8 Å². The molecule has 32 heavy (non-hydrogen) atoms. The van der Waals surface area contributed by atoms with Crippen LogP contribution in [0.2, 0.25) is 0 Å². The van der Waals surface area contributed by atoms with E-state index in [1.165, 1.54) is 11.3 Å². The van der Waals surface area contributed by atoms with Crippen LogP contribution < -0.4 is 10.0 Å². The number of thiazole rings is 2. The van der Waals surface area contributed by atoms with Crippen molar-refractivity contribution in [1.82, 2.24) is 15.3 Å². The van der Waals surface area contributed by atoms with Crippen LogP contribution in [0.25, 0.3) is 0 Å². The molecule has 11 heteroatoms. The topological polar surface area (TPSA) is 121 Å². The Balaban J connectivity index is 1.68.